The summed E-state index contributed by atoms with van der Waals surface area (Å²) in [4.78, 5) is 2.37. The van der Waals surface area contributed by atoms with E-state index in [2.05, 4.69) is 26.1 Å². The molecule has 0 spiro atoms. The first-order valence-electron chi connectivity index (χ1n) is 6.72. The van der Waals surface area contributed by atoms with Gasteiger partial charge >= 0.3 is 6.18 Å². The van der Waals surface area contributed by atoms with Crippen molar-refractivity contribution in [3.05, 3.63) is 28.2 Å². The Labute approximate surface area is 125 Å². The highest BCUT2D eigenvalue weighted by atomic mass is 79.9. The van der Waals surface area contributed by atoms with Crippen molar-refractivity contribution in [2.24, 2.45) is 0 Å². The van der Waals surface area contributed by atoms with E-state index in [1.165, 1.54) is 18.9 Å². The van der Waals surface area contributed by atoms with E-state index in [-0.39, 0.29) is 6.04 Å². The van der Waals surface area contributed by atoms with E-state index < -0.39 is 11.7 Å². The molecule has 0 radical (unpaired) electrons. The average molecular weight is 351 g/mol. The molecule has 2 nitrogen and oxygen atoms in total. The molecule has 0 saturated carbocycles. The van der Waals surface area contributed by atoms with Crippen molar-refractivity contribution in [2.45, 2.75) is 32.0 Å². The maximum atomic E-state index is 12.6. The number of rotatable bonds is 4. The van der Waals surface area contributed by atoms with Crippen molar-refractivity contribution in [3.63, 3.8) is 0 Å². The fraction of sp³-hybridized carbons (Fsp3) is 0.571. The smallest absolute Gasteiger partial charge is 0.380 e. The number of benzene rings is 1. The van der Waals surface area contributed by atoms with Gasteiger partial charge in [0.25, 0.3) is 0 Å². The van der Waals surface area contributed by atoms with Crippen LogP contribution in [0.2, 0.25) is 0 Å². The summed E-state index contributed by atoms with van der Waals surface area (Å²) in [6, 6.07) is 3.90. The van der Waals surface area contributed by atoms with Crippen LogP contribution >= 0.6 is 15.9 Å². The van der Waals surface area contributed by atoms with E-state index >= 15 is 0 Å². The minimum Gasteiger partial charge on any atom is -0.380 e. The van der Waals surface area contributed by atoms with Crippen LogP contribution in [0.3, 0.4) is 0 Å². The first-order valence-corrected chi connectivity index (χ1v) is 7.51. The van der Waals surface area contributed by atoms with Gasteiger partial charge in [-0.15, -0.1) is 0 Å². The zero-order valence-electron chi connectivity index (χ0n) is 11.3. The van der Waals surface area contributed by atoms with E-state index in [9.17, 15) is 13.2 Å². The van der Waals surface area contributed by atoms with Crippen molar-refractivity contribution >= 4 is 21.6 Å². The Morgan fingerprint density at radius 1 is 1.30 bits per heavy atom. The van der Waals surface area contributed by atoms with Gasteiger partial charge in [-0.05, 0) is 67.0 Å². The molecule has 0 aliphatic carbocycles. The Morgan fingerprint density at radius 3 is 2.50 bits per heavy atom. The molecule has 1 atom stereocenters. The lowest BCUT2D eigenvalue weighted by Crippen LogP contribution is -2.33. The third kappa shape index (κ3) is 4.12. The number of alkyl halides is 3. The van der Waals surface area contributed by atoms with E-state index in [0.717, 1.165) is 31.8 Å². The molecule has 1 fully saturated rings. The molecule has 1 N–H and O–H groups in total. The van der Waals surface area contributed by atoms with E-state index in [0.29, 0.717) is 10.2 Å². The Kier molecular flexibility index (Phi) is 4.96. The van der Waals surface area contributed by atoms with Gasteiger partial charge in [0, 0.05) is 22.7 Å². The van der Waals surface area contributed by atoms with E-state index in [4.69, 9.17) is 0 Å². The molecule has 1 aromatic rings. The van der Waals surface area contributed by atoms with Gasteiger partial charge in [0.15, 0.2) is 0 Å². The summed E-state index contributed by atoms with van der Waals surface area (Å²) in [5.74, 6) is 0. The maximum Gasteiger partial charge on any atom is 0.416 e. The van der Waals surface area contributed by atoms with Gasteiger partial charge in [-0.1, -0.05) is 0 Å². The number of nitrogens with zero attached hydrogens (tertiary/aromatic N) is 1. The zero-order chi connectivity index (χ0) is 14.8. The quantitative estimate of drug-likeness (QED) is 0.867. The van der Waals surface area contributed by atoms with Crippen LogP contribution < -0.4 is 5.32 Å². The summed E-state index contributed by atoms with van der Waals surface area (Å²) in [5.41, 5.74) is 0.0619. The Hall–Kier alpha value is -0.750. The number of hydrogen-bond acceptors (Lipinski definition) is 2. The predicted molar refractivity (Wildman–Crippen MR) is 77.9 cm³/mol. The zero-order valence-corrected chi connectivity index (χ0v) is 12.9. The fourth-order valence-electron chi connectivity index (χ4n) is 2.47. The van der Waals surface area contributed by atoms with Crippen LogP contribution in [0, 0.1) is 0 Å². The molecule has 1 unspecified atom stereocenters. The molecule has 1 aromatic carbocycles. The molecule has 20 heavy (non-hydrogen) atoms. The van der Waals surface area contributed by atoms with Gasteiger partial charge in [0.1, 0.15) is 0 Å². The molecule has 1 aliphatic heterocycles. The SMILES string of the molecule is CC(CN1CCCC1)Nc1ccc(C(F)(F)F)cc1Br. The highest BCUT2D eigenvalue weighted by Gasteiger charge is 2.30. The van der Waals surface area contributed by atoms with Crippen molar-refractivity contribution in [1.82, 2.24) is 4.90 Å². The molecule has 0 bridgehead atoms. The van der Waals surface area contributed by atoms with E-state index in [1.54, 1.807) is 0 Å². The van der Waals surface area contributed by atoms with Gasteiger partial charge in [-0.2, -0.15) is 13.2 Å². The first kappa shape index (κ1) is 15.6. The molecule has 2 rings (SSSR count). The lowest BCUT2D eigenvalue weighted by Gasteiger charge is -2.23. The number of likely N-dealkylation sites (tertiary alicyclic amines) is 1. The van der Waals surface area contributed by atoms with Crippen LogP contribution in [0.25, 0.3) is 0 Å². The van der Waals surface area contributed by atoms with Gasteiger partial charge in [0.2, 0.25) is 0 Å². The van der Waals surface area contributed by atoms with Crippen LogP contribution in [0.15, 0.2) is 22.7 Å². The molecule has 0 amide bonds. The summed E-state index contributed by atoms with van der Waals surface area (Å²) in [7, 11) is 0. The topological polar surface area (TPSA) is 15.3 Å². The number of anilines is 1. The lowest BCUT2D eigenvalue weighted by molar-refractivity contribution is -0.137. The second kappa shape index (κ2) is 6.35. The van der Waals surface area contributed by atoms with Gasteiger partial charge in [0.05, 0.1) is 5.56 Å². The van der Waals surface area contributed by atoms with Crippen LogP contribution in [-0.2, 0) is 6.18 Å². The van der Waals surface area contributed by atoms with Gasteiger partial charge in [-0.25, -0.2) is 0 Å². The molecule has 0 aromatic heterocycles. The van der Waals surface area contributed by atoms with Crippen molar-refractivity contribution in [1.29, 1.82) is 0 Å². The molecule has 1 aliphatic rings. The van der Waals surface area contributed by atoms with Crippen molar-refractivity contribution < 1.29 is 13.2 Å². The average Bonchev–Trinajstić information content (AvgIpc) is 2.83. The Morgan fingerprint density at radius 2 is 1.95 bits per heavy atom. The lowest BCUT2D eigenvalue weighted by atomic mass is 10.2. The summed E-state index contributed by atoms with van der Waals surface area (Å²) >= 11 is 3.20. The van der Waals surface area contributed by atoms with Gasteiger partial charge in [-0.3, -0.25) is 0 Å². The predicted octanol–water partition coefficient (Wildman–Crippen LogP) is 4.36. The Balaban J connectivity index is 1.98. The van der Waals surface area contributed by atoms with Crippen molar-refractivity contribution in [3.8, 4) is 0 Å². The maximum absolute atomic E-state index is 12.6. The van der Waals surface area contributed by atoms with Crippen LogP contribution in [0.1, 0.15) is 25.3 Å². The molecule has 112 valence electrons. The largest absolute Gasteiger partial charge is 0.416 e. The Bertz CT molecular complexity index is 456. The number of halogens is 4. The normalized spacial score (nSPS) is 18.2. The third-order valence-corrected chi connectivity index (χ3v) is 4.09. The minimum atomic E-state index is -4.30. The van der Waals surface area contributed by atoms with Crippen molar-refractivity contribution in [2.75, 3.05) is 25.0 Å². The number of nitrogens with one attached hydrogen (secondary N) is 1. The monoisotopic (exact) mass is 350 g/mol. The standard InChI is InChI=1S/C14H18BrF3N2/c1-10(9-20-6-2-3-7-20)19-13-5-4-11(8-12(13)15)14(16,17)18/h4-5,8,10,19H,2-3,6-7,9H2,1H3. The molecule has 1 saturated heterocycles. The highest BCUT2D eigenvalue weighted by Crippen LogP contribution is 2.34. The summed E-state index contributed by atoms with van der Waals surface area (Å²) in [6.45, 7) is 5.18. The summed E-state index contributed by atoms with van der Waals surface area (Å²) < 4.78 is 38.2. The van der Waals surface area contributed by atoms with Crippen LogP contribution in [0.4, 0.5) is 18.9 Å². The summed E-state index contributed by atoms with van der Waals surface area (Å²) in [5, 5.41) is 3.26. The van der Waals surface area contributed by atoms with Crippen LogP contribution in [-0.4, -0.2) is 30.6 Å². The highest BCUT2D eigenvalue weighted by molar-refractivity contribution is 9.10. The first-order chi connectivity index (χ1) is 9.36. The van der Waals surface area contributed by atoms with E-state index in [1.807, 2.05) is 6.92 Å². The van der Waals surface area contributed by atoms with Crippen LogP contribution in [0.5, 0.6) is 0 Å². The molecule has 6 heteroatoms. The molecular formula is C14H18BrF3N2. The second-order valence-corrected chi connectivity index (χ2v) is 6.10. The molecule has 1 heterocycles. The third-order valence-electron chi connectivity index (χ3n) is 3.43. The fourth-order valence-corrected chi connectivity index (χ4v) is 2.97. The second-order valence-electron chi connectivity index (χ2n) is 5.25. The van der Waals surface area contributed by atoms with Gasteiger partial charge < -0.3 is 10.2 Å². The molecular weight excluding hydrogens is 333 g/mol. The number of hydrogen-bond donors (Lipinski definition) is 1. The minimum absolute atomic E-state index is 0.195. The summed E-state index contributed by atoms with van der Waals surface area (Å²) in [6.07, 6.45) is -1.84.